The molecule has 0 bridgehead atoms. The van der Waals surface area contributed by atoms with Crippen molar-refractivity contribution in [2.24, 2.45) is 0 Å². The van der Waals surface area contributed by atoms with Crippen LogP contribution in [0.5, 0.6) is 0 Å². The first kappa shape index (κ1) is 10.9. The first-order chi connectivity index (χ1) is 6.26. The molecule has 1 saturated heterocycles. The lowest BCUT2D eigenvalue weighted by molar-refractivity contribution is 0.0502. The number of nitrogens with one attached hydrogen (secondary N) is 1. The zero-order chi connectivity index (χ0) is 9.68. The third-order valence-electron chi connectivity index (χ3n) is 2.39. The third kappa shape index (κ3) is 3.60. The van der Waals surface area contributed by atoms with Crippen molar-refractivity contribution >= 4 is 0 Å². The van der Waals surface area contributed by atoms with Crippen LogP contribution in [0.25, 0.3) is 0 Å². The highest BCUT2D eigenvalue weighted by molar-refractivity contribution is 4.74. The predicted octanol–water partition coefficient (Wildman–Crippen LogP) is -0.503. The SMILES string of the molecule is CC1CCC(CNC(CO)CO)O1. The minimum Gasteiger partial charge on any atom is -0.395 e. The molecule has 0 aromatic carbocycles. The number of ether oxygens (including phenoxy) is 1. The molecule has 0 amide bonds. The van der Waals surface area contributed by atoms with E-state index in [-0.39, 0.29) is 25.4 Å². The third-order valence-corrected chi connectivity index (χ3v) is 2.39. The second-order valence-electron chi connectivity index (χ2n) is 3.62. The van der Waals surface area contributed by atoms with Gasteiger partial charge in [0.15, 0.2) is 0 Å². The summed E-state index contributed by atoms with van der Waals surface area (Å²) < 4.78 is 5.57. The van der Waals surface area contributed by atoms with Crippen LogP contribution in [0.15, 0.2) is 0 Å². The Morgan fingerprint density at radius 1 is 1.38 bits per heavy atom. The molecule has 0 saturated carbocycles. The molecular formula is C9H19NO3. The fraction of sp³-hybridized carbons (Fsp3) is 1.00. The van der Waals surface area contributed by atoms with E-state index >= 15 is 0 Å². The average Bonchev–Trinajstić information content (AvgIpc) is 2.53. The van der Waals surface area contributed by atoms with Gasteiger partial charge in [-0.25, -0.2) is 0 Å². The van der Waals surface area contributed by atoms with Crippen molar-refractivity contribution in [3.05, 3.63) is 0 Å². The molecule has 2 unspecified atom stereocenters. The van der Waals surface area contributed by atoms with Crippen LogP contribution in [-0.2, 0) is 4.74 Å². The molecule has 3 N–H and O–H groups in total. The maximum absolute atomic E-state index is 8.79. The van der Waals surface area contributed by atoms with Gasteiger partial charge in [-0.05, 0) is 19.8 Å². The Hall–Kier alpha value is -0.160. The van der Waals surface area contributed by atoms with Gasteiger partial charge in [0.1, 0.15) is 0 Å². The van der Waals surface area contributed by atoms with Crippen molar-refractivity contribution in [2.45, 2.75) is 38.0 Å². The normalized spacial score (nSPS) is 28.6. The molecule has 2 atom stereocenters. The molecule has 0 radical (unpaired) electrons. The summed E-state index contributed by atoms with van der Waals surface area (Å²) in [6.07, 6.45) is 2.77. The molecule has 1 rings (SSSR count). The van der Waals surface area contributed by atoms with Gasteiger partial charge in [-0.1, -0.05) is 0 Å². The van der Waals surface area contributed by atoms with Gasteiger partial charge in [0.2, 0.25) is 0 Å². The molecule has 0 aromatic heterocycles. The minimum atomic E-state index is -0.209. The molecule has 1 heterocycles. The highest BCUT2D eigenvalue weighted by Gasteiger charge is 2.21. The van der Waals surface area contributed by atoms with E-state index in [4.69, 9.17) is 14.9 Å². The van der Waals surface area contributed by atoms with Crippen molar-refractivity contribution in [1.82, 2.24) is 5.32 Å². The van der Waals surface area contributed by atoms with E-state index in [9.17, 15) is 0 Å². The Bertz CT molecular complexity index is 139. The lowest BCUT2D eigenvalue weighted by Gasteiger charge is -2.17. The van der Waals surface area contributed by atoms with Gasteiger partial charge in [0, 0.05) is 6.54 Å². The highest BCUT2D eigenvalue weighted by Crippen LogP contribution is 2.18. The molecule has 4 heteroatoms. The summed E-state index contributed by atoms with van der Waals surface area (Å²) in [6.45, 7) is 2.73. The zero-order valence-corrected chi connectivity index (χ0v) is 8.07. The Morgan fingerprint density at radius 2 is 2.08 bits per heavy atom. The second kappa shape index (κ2) is 5.54. The van der Waals surface area contributed by atoms with Gasteiger partial charge in [0.05, 0.1) is 31.5 Å². The summed E-state index contributed by atoms with van der Waals surface area (Å²) in [5.41, 5.74) is 0. The summed E-state index contributed by atoms with van der Waals surface area (Å²) in [5, 5.41) is 20.6. The van der Waals surface area contributed by atoms with Crippen LogP contribution in [0.4, 0.5) is 0 Å². The Morgan fingerprint density at radius 3 is 2.54 bits per heavy atom. The maximum Gasteiger partial charge on any atom is 0.0704 e. The van der Waals surface area contributed by atoms with E-state index in [1.54, 1.807) is 0 Å². The van der Waals surface area contributed by atoms with Crippen molar-refractivity contribution in [3.63, 3.8) is 0 Å². The van der Waals surface area contributed by atoms with Gasteiger partial charge >= 0.3 is 0 Å². The van der Waals surface area contributed by atoms with Crippen LogP contribution in [0.1, 0.15) is 19.8 Å². The molecular weight excluding hydrogens is 170 g/mol. The molecule has 0 aromatic rings. The molecule has 1 fully saturated rings. The van der Waals surface area contributed by atoms with Crippen molar-refractivity contribution < 1.29 is 14.9 Å². The smallest absolute Gasteiger partial charge is 0.0704 e. The number of hydrogen-bond acceptors (Lipinski definition) is 4. The van der Waals surface area contributed by atoms with Crippen LogP contribution < -0.4 is 5.32 Å². The fourth-order valence-electron chi connectivity index (χ4n) is 1.52. The first-order valence-corrected chi connectivity index (χ1v) is 4.86. The lowest BCUT2D eigenvalue weighted by atomic mass is 10.2. The fourth-order valence-corrected chi connectivity index (χ4v) is 1.52. The number of rotatable bonds is 5. The van der Waals surface area contributed by atoms with Gasteiger partial charge in [-0.15, -0.1) is 0 Å². The van der Waals surface area contributed by atoms with Crippen LogP contribution in [-0.4, -0.2) is 48.2 Å². The van der Waals surface area contributed by atoms with Gasteiger partial charge in [-0.3, -0.25) is 0 Å². The van der Waals surface area contributed by atoms with Gasteiger partial charge < -0.3 is 20.3 Å². The van der Waals surface area contributed by atoms with Crippen LogP contribution >= 0.6 is 0 Å². The molecule has 4 nitrogen and oxygen atoms in total. The number of hydrogen-bond donors (Lipinski definition) is 3. The quantitative estimate of drug-likeness (QED) is 0.545. The van der Waals surface area contributed by atoms with E-state index in [0.29, 0.717) is 6.10 Å². The molecule has 1 aliphatic heterocycles. The summed E-state index contributed by atoms with van der Waals surface area (Å²) >= 11 is 0. The Labute approximate surface area is 78.9 Å². The van der Waals surface area contributed by atoms with Gasteiger partial charge in [-0.2, -0.15) is 0 Å². The Balaban J connectivity index is 2.11. The molecule has 13 heavy (non-hydrogen) atoms. The summed E-state index contributed by atoms with van der Waals surface area (Å²) in [6, 6.07) is -0.209. The highest BCUT2D eigenvalue weighted by atomic mass is 16.5. The number of aliphatic hydroxyl groups excluding tert-OH is 2. The average molecular weight is 189 g/mol. The van der Waals surface area contributed by atoms with Crippen LogP contribution in [0, 0.1) is 0 Å². The summed E-state index contributed by atoms with van der Waals surface area (Å²) in [4.78, 5) is 0. The van der Waals surface area contributed by atoms with E-state index in [1.807, 2.05) is 0 Å². The van der Waals surface area contributed by atoms with Crippen LogP contribution in [0.3, 0.4) is 0 Å². The second-order valence-corrected chi connectivity index (χ2v) is 3.62. The van der Waals surface area contributed by atoms with E-state index in [1.165, 1.54) is 0 Å². The molecule has 1 aliphatic rings. The molecule has 0 spiro atoms. The minimum absolute atomic E-state index is 0.0290. The van der Waals surface area contributed by atoms with Gasteiger partial charge in [0.25, 0.3) is 0 Å². The molecule has 0 aliphatic carbocycles. The molecule has 78 valence electrons. The zero-order valence-electron chi connectivity index (χ0n) is 8.07. The van der Waals surface area contributed by atoms with Crippen molar-refractivity contribution in [2.75, 3.05) is 19.8 Å². The summed E-state index contributed by atoms with van der Waals surface area (Å²) in [5.74, 6) is 0. The number of aliphatic hydroxyl groups is 2. The van der Waals surface area contributed by atoms with Crippen molar-refractivity contribution in [1.29, 1.82) is 0 Å². The standard InChI is InChI=1S/C9H19NO3/c1-7-2-3-9(13-7)4-10-8(5-11)6-12/h7-12H,2-6H2,1H3. The van der Waals surface area contributed by atoms with E-state index in [0.717, 1.165) is 19.4 Å². The predicted molar refractivity (Wildman–Crippen MR) is 49.5 cm³/mol. The maximum atomic E-state index is 8.79. The Kier molecular flexibility index (Phi) is 4.66. The summed E-state index contributed by atoms with van der Waals surface area (Å²) in [7, 11) is 0. The van der Waals surface area contributed by atoms with Crippen molar-refractivity contribution in [3.8, 4) is 0 Å². The first-order valence-electron chi connectivity index (χ1n) is 4.86. The monoisotopic (exact) mass is 189 g/mol. The van der Waals surface area contributed by atoms with Crippen LogP contribution in [0.2, 0.25) is 0 Å². The topological polar surface area (TPSA) is 61.7 Å². The van der Waals surface area contributed by atoms with E-state index in [2.05, 4.69) is 12.2 Å². The largest absolute Gasteiger partial charge is 0.395 e. The van der Waals surface area contributed by atoms with E-state index < -0.39 is 0 Å². The lowest BCUT2D eigenvalue weighted by Crippen LogP contribution is -2.40.